The Balaban J connectivity index is 1.79. The van der Waals surface area contributed by atoms with Crippen molar-refractivity contribution in [3.63, 3.8) is 0 Å². The van der Waals surface area contributed by atoms with Crippen molar-refractivity contribution in [2.75, 3.05) is 5.32 Å². The van der Waals surface area contributed by atoms with Crippen molar-refractivity contribution >= 4 is 29.2 Å². The van der Waals surface area contributed by atoms with E-state index in [0.717, 1.165) is 11.3 Å². The lowest BCUT2D eigenvalue weighted by molar-refractivity contribution is -0.119. The van der Waals surface area contributed by atoms with Gasteiger partial charge in [0.1, 0.15) is 11.7 Å². The number of halogens is 1. The molecule has 0 aliphatic rings. The maximum Gasteiger partial charge on any atom is 0.354 e. The highest BCUT2D eigenvalue weighted by atomic mass is 35.5. The van der Waals surface area contributed by atoms with E-state index < -0.39 is 12.0 Å². The van der Waals surface area contributed by atoms with Gasteiger partial charge in [0.15, 0.2) is 0 Å². The quantitative estimate of drug-likeness (QED) is 0.659. The van der Waals surface area contributed by atoms with E-state index in [9.17, 15) is 14.7 Å². The Kier molecular flexibility index (Phi) is 5.51. The minimum atomic E-state index is -1.14. The Morgan fingerprint density at radius 2 is 1.89 bits per heavy atom. The van der Waals surface area contributed by atoms with Gasteiger partial charge in [-0.1, -0.05) is 23.7 Å². The minimum absolute atomic E-state index is 0.0467. The van der Waals surface area contributed by atoms with Crippen LogP contribution in [0.2, 0.25) is 5.02 Å². The van der Waals surface area contributed by atoms with Gasteiger partial charge < -0.3 is 10.4 Å². The molecular weight excluding hydrogens is 382 g/mol. The zero-order valence-electron chi connectivity index (χ0n) is 15.7. The van der Waals surface area contributed by atoms with Gasteiger partial charge in [-0.05, 0) is 44.5 Å². The molecule has 2 heterocycles. The summed E-state index contributed by atoms with van der Waals surface area (Å²) in [4.78, 5) is 23.9. The standard InChI is InChI=1S/C19H20ClN5O3/c1-11-17(12(2)24(23-11)10-14-4-6-15(20)7-5-14)22-18(26)13(3)25-16(19(27)28)8-9-21-25/h4-9,13H,10H2,1-3H3,(H,22,26)(H,27,28). The van der Waals surface area contributed by atoms with Gasteiger partial charge >= 0.3 is 5.97 Å². The third kappa shape index (κ3) is 3.91. The van der Waals surface area contributed by atoms with Crippen molar-refractivity contribution in [3.8, 4) is 0 Å². The molecule has 2 aromatic heterocycles. The predicted molar refractivity (Wildman–Crippen MR) is 105 cm³/mol. The van der Waals surface area contributed by atoms with E-state index in [4.69, 9.17) is 11.6 Å². The summed E-state index contributed by atoms with van der Waals surface area (Å²) in [5.74, 6) is -1.51. The highest BCUT2D eigenvalue weighted by Gasteiger charge is 2.23. The van der Waals surface area contributed by atoms with Crippen molar-refractivity contribution in [1.82, 2.24) is 19.6 Å². The Hall–Kier alpha value is -3.13. The fourth-order valence-corrected chi connectivity index (χ4v) is 3.05. The van der Waals surface area contributed by atoms with Gasteiger partial charge in [0.25, 0.3) is 0 Å². The van der Waals surface area contributed by atoms with Crippen LogP contribution in [0.5, 0.6) is 0 Å². The van der Waals surface area contributed by atoms with Crippen LogP contribution in [0.4, 0.5) is 5.69 Å². The maximum absolute atomic E-state index is 12.7. The SMILES string of the molecule is Cc1nn(Cc2ccc(Cl)cc2)c(C)c1NC(=O)C(C)n1nccc1C(=O)O. The number of aromatic carboxylic acids is 1. The van der Waals surface area contributed by atoms with E-state index in [2.05, 4.69) is 15.5 Å². The number of carbonyl (C=O) groups excluding carboxylic acids is 1. The summed E-state index contributed by atoms with van der Waals surface area (Å²) in [5.41, 5.74) is 3.06. The lowest BCUT2D eigenvalue weighted by atomic mass is 10.2. The molecular formula is C19H20ClN5O3. The number of aryl methyl sites for hydroxylation is 1. The maximum atomic E-state index is 12.7. The number of aromatic nitrogens is 4. The first kappa shape index (κ1) is 19.6. The third-order valence-electron chi connectivity index (χ3n) is 4.51. The number of hydrogen-bond donors (Lipinski definition) is 2. The number of rotatable bonds is 6. The summed E-state index contributed by atoms with van der Waals surface area (Å²) in [6.07, 6.45) is 1.36. The molecule has 1 aromatic carbocycles. The number of carboxylic acids is 1. The summed E-state index contributed by atoms with van der Waals surface area (Å²) in [6.45, 7) is 5.81. The highest BCUT2D eigenvalue weighted by molar-refractivity contribution is 6.30. The van der Waals surface area contributed by atoms with Gasteiger partial charge in [0, 0.05) is 11.2 Å². The molecule has 0 bridgehead atoms. The van der Waals surface area contributed by atoms with Crippen molar-refractivity contribution in [3.05, 3.63) is 64.2 Å². The highest BCUT2D eigenvalue weighted by Crippen LogP contribution is 2.22. The second kappa shape index (κ2) is 7.85. The molecule has 0 saturated heterocycles. The zero-order chi connectivity index (χ0) is 20.4. The minimum Gasteiger partial charge on any atom is -0.477 e. The van der Waals surface area contributed by atoms with E-state index in [0.29, 0.717) is 22.9 Å². The summed E-state index contributed by atoms with van der Waals surface area (Å²) >= 11 is 5.92. The first-order valence-electron chi connectivity index (χ1n) is 8.64. The molecule has 0 spiro atoms. The third-order valence-corrected chi connectivity index (χ3v) is 4.76. The van der Waals surface area contributed by atoms with Crippen LogP contribution in [-0.2, 0) is 11.3 Å². The number of nitrogens with one attached hydrogen (secondary N) is 1. The largest absolute Gasteiger partial charge is 0.477 e. The number of nitrogens with zero attached hydrogens (tertiary/aromatic N) is 4. The molecule has 8 nitrogen and oxygen atoms in total. The van der Waals surface area contributed by atoms with E-state index in [-0.39, 0.29) is 11.6 Å². The van der Waals surface area contributed by atoms with Crippen molar-refractivity contribution in [2.24, 2.45) is 0 Å². The topological polar surface area (TPSA) is 102 Å². The van der Waals surface area contributed by atoms with E-state index in [1.807, 2.05) is 38.1 Å². The van der Waals surface area contributed by atoms with Crippen LogP contribution >= 0.6 is 11.6 Å². The molecule has 1 unspecified atom stereocenters. The first-order valence-corrected chi connectivity index (χ1v) is 9.02. The average molecular weight is 402 g/mol. The summed E-state index contributed by atoms with van der Waals surface area (Å²) in [6, 6.07) is 8.04. The normalized spacial score (nSPS) is 12.0. The van der Waals surface area contributed by atoms with Crippen LogP contribution in [0.15, 0.2) is 36.5 Å². The molecule has 0 aliphatic heterocycles. The average Bonchev–Trinajstić information content (AvgIpc) is 3.24. The fourth-order valence-electron chi connectivity index (χ4n) is 2.93. The van der Waals surface area contributed by atoms with Gasteiger partial charge in [-0.25, -0.2) is 9.48 Å². The summed E-state index contributed by atoms with van der Waals surface area (Å²) in [5, 5.41) is 21.2. The Morgan fingerprint density at radius 3 is 2.54 bits per heavy atom. The molecule has 28 heavy (non-hydrogen) atoms. The molecule has 1 amide bonds. The van der Waals surface area contributed by atoms with Crippen molar-refractivity contribution in [2.45, 2.75) is 33.4 Å². The lowest BCUT2D eigenvalue weighted by Gasteiger charge is -2.14. The zero-order valence-corrected chi connectivity index (χ0v) is 16.4. The van der Waals surface area contributed by atoms with Crippen LogP contribution in [0.1, 0.15) is 40.4 Å². The predicted octanol–water partition coefficient (Wildman–Crippen LogP) is 3.30. The van der Waals surface area contributed by atoms with Crippen LogP contribution in [-0.4, -0.2) is 36.5 Å². The second-order valence-corrected chi connectivity index (χ2v) is 6.90. The van der Waals surface area contributed by atoms with Crippen LogP contribution in [0.25, 0.3) is 0 Å². The molecule has 146 valence electrons. The van der Waals surface area contributed by atoms with Gasteiger partial charge in [0.05, 0.1) is 23.6 Å². The molecule has 1 atom stereocenters. The summed E-state index contributed by atoms with van der Waals surface area (Å²) in [7, 11) is 0. The van der Waals surface area contributed by atoms with Crippen LogP contribution in [0.3, 0.4) is 0 Å². The number of hydrogen-bond acceptors (Lipinski definition) is 4. The molecule has 0 fully saturated rings. The van der Waals surface area contributed by atoms with E-state index >= 15 is 0 Å². The Bertz CT molecular complexity index is 1020. The molecule has 0 radical (unpaired) electrons. The number of carboxylic acid groups (broad SMARTS) is 1. The monoisotopic (exact) mass is 401 g/mol. The fraction of sp³-hybridized carbons (Fsp3) is 0.263. The number of amides is 1. The number of benzene rings is 1. The van der Waals surface area contributed by atoms with E-state index in [1.165, 1.54) is 16.9 Å². The van der Waals surface area contributed by atoms with Crippen molar-refractivity contribution in [1.29, 1.82) is 0 Å². The van der Waals surface area contributed by atoms with Gasteiger partial charge in [0.2, 0.25) is 5.91 Å². The Labute approximate surface area is 166 Å². The van der Waals surface area contributed by atoms with Crippen molar-refractivity contribution < 1.29 is 14.7 Å². The van der Waals surface area contributed by atoms with Gasteiger partial charge in [-0.15, -0.1) is 0 Å². The van der Waals surface area contributed by atoms with Crippen LogP contribution in [0, 0.1) is 13.8 Å². The number of carbonyl (C=O) groups is 2. The van der Waals surface area contributed by atoms with Gasteiger partial charge in [-0.2, -0.15) is 10.2 Å². The van der Waals surface area contributed by atoms with Gasteiger partial charge in [-0.3, -0.25) is 9.48 Å². The lowest BCUT2D eigenvalue weighted by Crippen LogP contribution is -2.27. The van der Waals surface area contributed by atoms with E-state index in [1.54, 1.807) is 11.6 Å². The number of anilines is 1. The smallest absolute Gasteiger partial charge is 0.354 e. The second-order valence-electron chi connectivity index (χ2n) is 6.46. The summed E-state index contributed by atoms with van der Waals surface area (Å²) < 4.78 is 2.98. The first-order chi connectivity index (χ1) is 13.3. The molecule has 0 aliphatic carbocycles. The molecule has 2 N–H and O–H groups in total. The molecule has 0 saturated carbocycles. The molecule has 3 aromatic rings. The molecule has 9 heteroatoms. The molecule has 3 rings (SSSR count). The Morgan fingerprint density at radius 1 is 1.21 bits per heavy atom. The van der Waals surface area contributed by atoms with Crippen LogP contribution < -0.4 is 5.32 Å².